The number of hydrogen-bond acceptors (Lipinski definition) is 3. The van der Waals surface area contributed by atoms with Crippen molar-refractivity contribution in [2.45, 2.75) is 13.3 Å². The summed E-state index contributed by atoms with van der Waals surface area (Å²) in [6.07, 6.45) is 1.98. The van der Waals surface area contributed by atoms with Gasteiger partial charge in [-0.15, -0.1) is 12.4 Å². The van der Waals surface area contributed by atoms with Crippen LogP contribution in [-0.2, 0) is 9.53 Å². The SMILES string of the molecule is C/C=C(\[O-])C(=O)OCCC[N+](C)(C)C.Cl. The first-order valence-electron chi connectivity index (χ1n) is 4.67. The maximum atomic E-state index is 10.9. The van der Waals surface area contributed by atoms with Crippen molar-refractivity contribution in [2.75, 3.05) is 34.3 Å². The minimum Gasteiger partial charge on any atom is -0.868 e. The Hall–Kier alpha value is -0.740. The Morgan fingerprint density at radius 1 is 1.40 bits per heavy atom. The van der Waals surface area contributed by atoms with Gasteiger partial charge in [0.2, 0.25) is 0 Å². The topological polar surface area (TPSA) is 49.4 Å². The van der Waals surface area contributed by atoms with Crippen LogP contribution in [0.25, 0.3) is 0 Å². The van der Waals surface area contributed by atoms with Gasteiger partial charge in [0.15, 0.2) is 0 Å². The summed E-state index contributed by atoms with van der Waals surface area (Å²) in [5.41, 5.74) is 0. The fourth-order valence-electron chi connectivity index (χ4n) is 0.893. The molecule has 0 aromatic rings. The molecule has 0 spiro atoms. The summed E-state index contributed by atoms with van der Waals surface area (Å²) in [4.78, 5) is 10.9. The zero-order valence-corrected chi connectivity index (χ0v) is 10.6. The molecule has 0 heterocycles. The summed E-state index contributed by atoms with van der Waals surface area (Å²) in [7, 11) is 6.19. The highest BCUT2D eigenvalue weighted by Crippen LogP contribution is 1.95. The second kappa shape index (κ2) is 7.54. The van der Waals surface area contributed by atoms with E-state index in [0.29, 0.717) is 6.61 Å². The molecule has 0 bridgehead atoms. The van der Waals surface area contributed by atoms with Crippen molar-refractivity contribution in [2.24, 2.45) is 0 Å². The van der Waals surface area contributed by atoms with E-state index in [1.807, 2.05) is 0 Å². The van der Waals surface area contributed by atoms with E-state index in [0.717, 1.165) is 17.4 Å². The molecule has 0 aromatic carbocycles. The molecule has 0 fully saturated rings. The molecule has 0 amide bonds. The fraction of sp³-hybridized carbons (Fsp3) is 0.700. The van der Waals surface area contributed by atoms with Crippen LogP contribution < -0.4 is 5.11 Å². The molecule has 0 radical (unpaired) electrons. The van der Waals surface area contributed by atoms with Gasteiger partial charge in [-0.2, -0.15) is 0 Å². The number of carbonyl (C=O) groups excluding carboxylic acids is 1. The van der Waals surface area contributed by atoms with Gasteiger partial charge in [0.05, 0.1) is 34.3 Å². The Labute approximate surface area is 97.5 Å². The van der Waals surface area contributed by atoms with E-state index < -0.39 is 11.7 Å². The van der Waals surface area contributed by atoms with Crippen molar-refractivity contribution >= 4 is 18.4 Å². The molecule has 0 unspecified atom stereocenters. The molecule has 0 aromatic heterocycles. The molecule has 0 aliphatic rings. The number of allylic oxidation sites excluding steroid dienone is 1. The van der Waals surface area contributed by atoms with Crippen molar-refractivity contribution in [1.29, 1.82) is 0 Å². The molecule has 0 N–H and O–H groups in total. The van der Waals surface area contributed by atoms with Gasteiger partial charge in [0.1, 0.15) is 0 Å². The van der Waals surface area contributed by atoms with E-state index in [9.17, 15) is 9.90 Å². The van der Waals surface area contributed by atoms with Crippen LogP contribution in [-0.4, -0.2) is 44.7 Å². The van der Waals surface area contributed by atoms with Crippen LogP contribution in [0.15, 0.2) is 11.8 Å². The predicted octanol–water partition coefficient (Wildman–Crippen LogP) is 0.312. The lowest BCUT2D eigenvalue weighted by Gasteiger charge is -2.23. The summed E-state index contributed by atoms with van der Waals surface area (Å²) < 4.78 is 5.59. The van der Waals surface area contributed by atoms with Crippen LogP contribution in [0, 0.1) is 0 Å². The van der Waals surface area contributed by atoms with Gasteiger partial charge < -0.3 is 14.3 Å². The summed E-state index contributed by atoms with van der Waals surface area (Å²) in [5, 5.41) is 10.8. The lowest BCUT2D eigenvalue weighted by Crippen LogP contribution is -2.36. The molecular formula is C10H20ClNO3. The quantitative estimate of drug-likeness (QED) is 0.227. The first kappa shape index (κ1) is 16.7. The number of esters is 1. The van der Waals surface area contributed by atoms with Gasteiger partial charge in [0, 0.05) is 6.42 Å². The average molecular weight is 238 g/mol. The smallest absolute Gasteiger partial charge is 0.322 e. The summed E-state index contributed by atoms with van der Waals surface area (Å²) in [6, 6.07) is 0. The minimum atomic E-state index is -0.756. The Bertz CT molecular complexity index is 221. The summed E-state index contributed by atoms with van der Waals surface area (Å²) >= 11 is 0. The summed E-state index contributed by atoms with van der Waals surface area (Å²) in [6.45, 7) is 2.75. The van der Waals surface area contributed by atoms with E-state index in [2.05, 4.69) is 21.1 Å². The van der Waals surface area contributed by atoms with Gasteiger partial charge in [-0.3, -0.25) is 0 Å². The monoisotopic (exact) mass is 237 g/mol. The van der Waals surface area contributed by atoms with E-state index in [1.165, 1.54) is 13.0 Å². The number of nitrogens with zero attached hydrogens (tertiary/aromatic N) is 1. The van der Waals surface area contributed by atoms with E-state index >= 15 is 0 Å². The fourth-order valence-corrected chi connectivity index (χ4v) is 0.893. The van der Waals surface area contributed by atoms with Crippen molar-refractivity contribution < 1.29 is 19.1 Å². The molecule has 0 atom stereocenters. The third kappa shape index (κ3) is 9.56. The van der Waals surface area contributed by atoms with E-state index in [1.54, 1.807) is 0 Å². The van der Waals surface area contributed by atoms with Crippen molar-refractivity contribution in [1.82, 2.24) is 0 Å². The van der Waals surface area contributed by atoms with Crippen LogP contribution in [0.5, 0.6) is 0 Å². The van der Waals surface area contributed by atoms with Crippen molar-refractivity contribution in [3.63, 3.8) is 0 Å². The standard InChI is InChI=1S/C10H19NO3.ClH/c1-5-9(12)10(13)14-8-6-7-11(2,3)4;/h5H,6-8H2,1-4H3;1H/b9-5-;. The highest BCUT2D eigenvalue weighted by atomic mass is 35.5. The Balaban J connectivity index is 0. The number of halogens is 1. The van der Waals surface area contributed by atoms with Crippen LogP contribution in [0.3, 0.4) is 0 Å². The van der Waals surface area contributed by atoms with Gasteiger partial charge in [0.25, 0.3) is 0 Å². The molecule has 0 aliphatic carbocycles. The van der Waals surface area contributed by atoms with Gasteiger partial charge in [-0.25, -0.2) is 4.79 Å². The van der Waals surface area contributed by atoms with Gasteiger partial charge in [-0.05, 0) is 12.7 Å². The Kier molecular flexibility index (Phi) is 8.38. The largest absolute Gasteiger partial charge is 0.868 e. The lowest BCUT2D eigenvalue weighted by atomic mass is 10.4. The third-order valence-electron chi connectivity index (χ3n) is 1.67. The van der Waals surface area contributed by atoms with Crippen LogP contribution in [0.1, 0.15) is 13.3 Å². The van der Waals surface area contributed by atoms with Crippen LogP contribution in [0.4, 0.5) is 0 Å². The van der Waals surface area contributed by atoms with Crippen molar-refractivity contribution in [3.8, 4) is 0 Å². The third-order valence-corrected chi connectivity index (χ3v) is 1.67. The molecule has 4 nitrogen and oxygen atoms in total. The molecule has 15 heavy (non-hydrogen) atoms. The van der Waals surface area contributed by atoms with E-state index in [4.69, 9.17) is 4.74 Å². The first-order valence-corrected chi connectivity index (χ1v) is 4.67. The molecule has 0 aliphatic heterocycles. The van der Waals surface area contributed by atoms with Crippen LogP contribution in [0.2, 0.25) is 0 Å². The molecule has 0 rings (SSSR count). The Morgan fingerprint density at radius 3 is 2.33 bits per heavy atom. The zero-order valence-electron chi connectivity index (χ0n) is 9.78. The van der Waals surface area contributed by atoms with Crippen molar-refractivity contribution in [3.05, 3.63) is 11.8 Å². The predicted molar refractivity (Wildman–Crippen MR) is 59.5 cm³/mol. The zero-order chi connectivity index (χ0) is 11.2. The number of quaternary nitrogens is 1. The lowest BCUT2D eigenvalue weighted by molar-refractivity contribution is -0.870. The number of ether oxygens (including phenoxy) is 1. The number of hydrogen-bond donors (Lipinski definition) is 0. The number of rotatable bonds is 5. The number of carbonyl (C=O) groups is 1. The van der Waals surface area contributed by atoms with Gasteiger partial charge in [-0.1, -0.05) is 6.08 Å². The minimum absolute atomic E-state index is 0. The average Bonchev–Trinajstić information content (AvgIpc) is 2.09. The molecule has 0 saturated heterocycles. The highest BCUT2D eigenvalue weighted by Gasteiger charge is 2.07. The molecule has 5 heteroatoms. The molecule has 0 saturated carbocycles. The Morgan fingerprint density at radius 2 is 1.93 bits per heavy atom. The molecule has 90 valence electrons. The summed E-state index contributed by atoms with van der Waals surface area (Å²) in [5.74, 6) is -1.33. The second-order valence-corrected chi connectivity index (χ2v) is 4.16. The maximum absolute atomic E-state index is 10.9. The normalized spacial score (nSPS) is 11.9. The van der Waals surface area contributed by atoms with Gasteiger partial charge >= 0.3 is 5.97 Å². The second-order valence-electron chi connectivity index (χ2n) is 4.16. The van der Waals surface area contributed by atoms with Crippen LogP contribution >= 0.6 is 12.4 Å². The molecular weight excluding hydrogens is 218 g/mol. The maximum Gasteiger partial charge on any atom is 0.322 e. The highest BCUT2D eigenvalue weighted by molar-refractivity contribution is 5.85. The first-order chi connectivity index (χ1) is 6.37. The van der Waals surface area contributed by atoms with E-state index in [-0.39, 0.29) is 12.4 Å².